The minimum absolute atomic E-state index is 0.219. The Labute approximate surface area is 148 Å². The summed E-state index contributed by atoms with van der Waals surface area (Å²) in [6.07, 6.45) is 1.65. The number of rotatable bonds is 4. The van der Waals surface area contributed by atoms with E-state index in [1.807, 2.05) is 6.07 Å². The first-order valence-electron chi connectivity index (χ1n) is 7.30. The van der Waals surface area contributed by atoms with E-state index in [1.54, 1.807) is 48.5 Å². The minimum atomic E-state index is -0.479. The van der Waals surface area contributed by atoms with Crippen molar-refractivity contribution < 1.29 is 19.1 Å². The summed E-state index contributed by atoms with van der Waals surface area (Å²) in [5, 5.41) is 0.219. The molecule has 2 aromatic rings. The third-order valence-corrected chi connectivity index (χ3v) is 4.15. The van der Waals surface area contributed by atoms with Gasteiger partial charge in [-0.2, -0.15) is 4.99 Å². The Balaban J connectivity index is 1.82. The van der Waals surface area contributed by atoms with Gasteiger partial charge in [-0.3, -0.25) is 4.79 Å². The highest BCUT2D eigenvalue weighted by atomic mass is 32.2. The molecular weight excluding hydrogens is 340 g/mol. The molecule has 0 saturated carbocycles. The third kappa shape index (κ3) is 3.89. The second-order valence-corrected chi connectivity index (χ2v) is 6.09. The maximum absolute atomic E-state index is 12.2. The fraction of sp³-hybridized carbons (Fsp3) is 0.0556. The quantitative estimate of drug-likeness (QED) is 0.516. The number of methoxy groups -OCH3 is 1. The van der Waals surface area contributed by atoms with Crippen molar-refractivity contribution in [3.05, 3.63) is 64.6 Å². The maximum Gasteiger partial charge on any atom is 0.343 e. The molecule has 0 radical (unpaired) electrons. The molecule has 0 aromatic heterocycles. The summed E-state index contributed by atoms with van der Waals surface area (Å²) in [5.74, 6) is -0.184. The average molecular weight is 354 g/mol. The van der Waals surface area contributed by atoms with Gasteiger partial charge in [0.1, 0.15) is 0 Å². The fourth-order valence-corrected chi connectivity index (χ4v) is 2.85. The van der Waals surface area contributed by atoms with Gasteiger partial charge in [0.05, 0.1) is 17.6 Å². The molecule has 0 saturated heterocycles. The van der Waals surface area contributed by atoms with Crippen molar-refractivity contribution in [2.75, 3.05) is 7.11 Å². The van der Waals surface area contributed by atoms with Gasteiger partial charge < -0.3 is 15.2 Å². The van der Waals surface area contributed by atoms with Crippen LogP contribution < -0.4 is 15.2 Å². The first-order valence-corrected chi connectivity index (χ1v) is 8.12. The second kappa shape index (κ2) is 7.23. The number of benzene rings is 2. The van der Waals surface area contributed by atoms with Crippen LogP contribution in [0.2, 0.25) is 0 Å². The number of amides is 1. The van der Waals surface area contributed by atoms with Crippen LogP contribution in [0, 0.1) is 0 Å². The third-order valence-electron chi connectivity index (χ3n) is 3.33. The van der Waals surface area contributed by atoms with Gasteiger partial charge in [-0.25, -0.2) is 4.79 Å². The SMILES string of the molecule is COc1cc(/C=C2\SC(N)=NC2=O)ccc1OC(=O)c1ccccc1. The summed E-state index contributed by atoms with van der Waals surface area (Å²) < 4.78 is 10.7. The molecule has 2 N–H and O–H groups in total. The molecule has 3 rings (SSSR count). The van der Waals surface area contributed by atoms with E-state index < -0.39 is 5.97 Å². The van der Waals surface area contributed by atoms with Crippen LogP contribution in [0.15, 0.2) is 58.4 Å². The van der Waals surface area contributed by atoms with Gasteiger partial charge in [0.2, 0.25) is 0 Å². The van der Waals surface area contributed by atoms with Gasteiger partial charge >= 0.3 is 5.97 Å². The monoisotopic (exact) mass is 354 g/mol. The summed E-state index contributed by atoms with van der Waals surface area (Å²) >= 11 is 1.11. The molecule has 1 aliphatic rings. The Morgan fingerprint density at radius 1 is 1.16 bits per heavy atom. The first kappa shape index (κ1) is 16.8. The number of hydrogen-bond acceptors (Lipinski definition) is 6. The Hall–Kier alpha value is -3.06. The van der Waals surface area contributed by atoms with Crippen molar-refractivity contribution in [1.29, 1.82) is 0 Å². The molecule has 25 heavy (non-hydrogen) atoms. The van der Waals surface area contributed by atoms with Crippen LogP contribution in [0.3, 0.4) is 0 Å². The number of carbonyl (C=O) groups is 2. The van der Waals surface area contributed by atoms with Gasteiger partial charge in [-0.1, -0.05) is 24.3 Å². The van der Waals surface area contributed by atoms with E-state index in [0.717, 1.165) is 11.8 Å². The fourth-order valence-electron chi connectivity index (χ4n) is 2.17. The van der Waals surface area contributed by atoms with Gasteiger partial charge in [0.15, 0.2) is 16.7 Å². The smallest absolute Gasteiger partial charge is 0.343 e. The van der Waals surface area contributed by atoms with E-state index in [0.29, 0.717) is 27.5 Å². The van der Waals surface area contributed by atoms with E-state index in [9.17, 15) is 9.59 Å². The number of thioether (sulfide) groups is 1. The Morgan fingerprint density at radius 3 is 2.56 bits per heavy atom. The number of nitrogens with zero attached hydrogens (tertiary/aromatic N) is 1. The number of carbonyl (C=O) groups excluding carboxylic acids is 2. The van der Waals surface area contributed by atoms with Crippen LogP contribution in [0.1, 0.15) is 15.9 Å². The molecule has 0 bridgehead atoms. The molecule has 0 atom stereocenters. The minimum Gasteiger partial charge on any atom is -0.493 e. The zero-order chi connectivity index (χ0) is 17.8. The van der Waals surface area contributed by atoms with Crippen molar-refractivity contribution in [2.45, 2.75) is 0 Å². The van der Waals surface area contributed by atoms with Crippen LogP contribution in [-0.2, 0) is 4.79 Å². The molecule has 2 aromatic carbocycles. The molecule has 0 fully saturated rings. The highest BCUT2D eigenvalue weighted by molar-refractivity contribution is 8.18. The lowest BCUT2D eigenvalue weighted by atomic mass is 10.2. The van der Waals surface area contributed by atoms with E-state index >= 15 is 0 Å². The molecular formula is C18H14N2O4S. The summed E-state index contributed by atoms with van der Waals surface area (Å²) in [4.78, 5) is 27.9. The lowest BCUT2D eigenvalue weighted by Gasteiger charge is -2.10. The number of aliphatic imine (C=N–C) groups is 1. The van der Waals surface area contributed by atoms with Crippen LogP contribution in [0.5, 0.6) is 11.5 Å². The summed E-state index contributed by atoms with van der Waals surface area (Å²) in [5.41, 5.74) is 6.68. The van der Waals surface area contributed by atoms with Crippen molar-refractivity contribution in [1.82, 2.24) is 0 Å². The molecule has 0 spiro atoms. The van der Waals surface area contributed by atoms with Crippen LogP contribution >= 0.6 is 11.8 Å². The molecule has 1 aliphatic heterocycles. The maximum atomic E-state index is 12.2. The van der Waals surface area contributed by atoms with E-state index in [2.05, 4.69) is 4.99 Å². The van der Waals surface area contributed by atoms with Gasteiger partial charge in [-0.15, -0.1) is 0 Å². The number of ether oxygens (including phenoxy) is 2. The van der Waals surface area contributed by atoms with Crippen molar-refractivity contribution in [2.24, 2.45) is 10.7 Å². The van der Waals surface area contributed by atoms with Gasteiger partial charge in [0.25, 0.3) is 5.91 Å². The molecule has 7 heteroatoms. The van der Waals surface area contributed by atoms with E-state index in [4.69, 9.17) is 15.2 Å². The highest BCUT2D eigenvalue weighted by Gasteiger charge is 2.20. The standard InChI is InChI=1S/C18H14N2O4S/c1-23-14-9-11(10-15-16(21)20-18(19)25-15)7-8-13(14)24-17(22)12-5-3-2-4-6-12/h2-10H,1H3,(H2,19,20,21)/b15-10-. The molecule has 126 valence electrons. The summed E-state index contributed by atoms with van der Waals surface area (Å²) in [6.45, 7) is 0. The molecule has 1 amide bonds. The molecule has 6 nitrogen and oxygen atoms in total. The highest BCUT2D eigenvalue weighted by Crippen LogP contribution is 2.32. The van der Waals surface area contributed by atoms with Gasteiger partial charge in [0, 0.05) is 0 Å². The topological polar surface area (TPSA) is 91.0 Å². The zero-order valence-electron chi connectivity index (χ0n) is 13.3. The lowest BCUT2D eigenvalue weighted by molar-refractivity contribution is -0.113. The van der Waals surface area contributed by atoms with Crippen molar-refractivity contribution in [3.8, 4) is 11.5 Å². The largest absolute Gasteiger partial charge is 0.493 e. The average Bonchev–Trinajstić information content (AvgIpc) is 2.94. The number of esters is 1. The summed E-state index contributed by atoms with van der Waals surface area (Å²) in [7, 11) is 1.47. The number of amidine groups is 1. The number of hydrogen-bond donors (Lipinski definition) is 1. The Kier molecular flexibility index (Phi) is 4.85. The lowest BCUT2D eigenvalue weighted by Crippen LogP contribution is -2.09. The second-order valence-electron chi connectivity index (χ2n) is 5.03. The van der Waals surface area contributed by atoms with Gasteiger partial charge in [-0.05, 0) is 47.7 Å². The predicted molar refractivity (Wildman–Crippen MR) is 96.6 cm³/mol. The van der Waals surface area contributed by atoms with Crippen LogP contribution in [0.4, 0.5) is 0 Å². The molecule has 0 unspecified atom stereocenters. The Morgan fingerprint density at radius 2 is 1.92 bits per heavy atom. The van der Waals surface area contributed by atoms with Crippen molar-refractivity contribution in [3.63, 3.8) is 0 Å². The first-order chi connectivity index (χ1) is 12.1. The molecule has 1 heterocycles. The molecule has 0 aliphatic carbocycles. The predicted octanol–water partition coefficient (Wildman–Crippen LogP) is 2.84. The van der Waals surface area contributed by atoms with Crippen LogP contribution in [0.25, 0.3) is 6.08 Å². The zero-order valence-corrected chi connectivity index (χ0v) is 14.1. The normalized spacial score (nSPS) is 15.2. The Bertz CT molecular complexity index is 891. The van der Waals surface area contributed by atoms with E-state index in [-0.39, 0.29) is 11.1 Å². The van der Waals surface area contributed by atoms with E-state index in [1.165, 1.54) is 7.11 Å². The van der Waals surface area contributed by atoms with Crippen LogP contribution in [-0.4, -0.2) is 24.2 Å². The number of nitrogens with two attached hydrogens (primary N) is 1. The van der Waals surface area contributed by atoms with Crippen molar-refractivity contribution >= 4 is 34.9 Å². The summed E-state index contributed by atoms with van der Waals surface area (Å²) in [6, 6.07) is 13.7.